The maximum Gasteiger partial charge on any atom is 0.244 e. The Bertz CT molecular complexity index is 1090. The number of ketones is 2. The number of benzene rings is 2. The number of nitrogens with one attached hydrogen (secondary N) is 1. The summed E-state index contributed by atoms with van der Waals surface area (Å²) < 4.78 is 0. The van der Waals surface area contributed by atoms with E-state index in [0.29, 0.717) is 16.8 Å². The van der Waals surface area contributed by atoms with Crippen LogP contribution in [-0.2, 0) is 9.59 Å². The number of nitrogens with zero attached hydrogens (tertiary/aromatic N) is 1. The van der Waals surface area contributed by atoms with E-state index >= 15 is 0 Å². The summed E-state index contributed by atoms with van der Waals surface area (Å²) in [4.78, 5) is 54.4. The molecule has 3 aliphatic heterocycles. The molecule has 2 aromatic carbocycles. The molecule has 5 atom stereocenters. The number of rotatable bonds is 4. The van der Waals surface area contributed by atoms with Crippen molar-refractivity contribution in [3.63, 3.8) is 0 Å². The second-order valence-corrected chi connectivity index (χ2v) is 8.95. The van der Waals surface area contributed by atoms with Crippen molar-refractivity contribution in [2.45, 2.75) is 38.8 Å². The number of carbonyl (C=O) groups excluding carboxylic acids is 4. The minimum Gasteiger partial charge on any atom is -0.322 e. The van der Waals surface area contributed by atoms with Crippen LogP contribution in [0.5, 0.6) is 0 Å². The van der Waals surface area contributed by atoms with Crippen LogP contribution in [0.15, 0.2) is 48.5 Å². The van der Waals surface area contributed by atoms with Gasteiger partial charge in [-0.3, -0.25) is 19.2 Å². The first-order valence-electron chi connectivity index (χ1n) is 10.8. The van der Waals surface area contributed by atoms with Crippen LogP contribution in [0.2, 0.25) is 0 Å². The fourth-order valence-corrected chi connectivity index (χ4v) is 5.74. The van der Waals surface area contributed by atoms with Crippen molar-refractivity contribution in [2.24, 2.45) is 11.8 Å². The Hall–Kier alpha value is -3.12. The fourth-order valence-electron chi connectivity index (χ4n) is 5.74. The third kappa shape index (κ3) is 2.97. The highest BCUT2D eigenvalue weighted by Crippen LogP contribution is 2.40. The number of anilines is 1. The molecule has 31 heavy (non-hydrogen) atoms. The van der Waals surface area contributed by atoms with Crippen LogP contribution in [-0.4, -0.2) is 42.0 Å². The van der Waals surface area contributed by atoms with Gasteiger partial charge in [-0.1, -0.05) is 29.8 Å². The molecule has 0 radical (unpaired) electrons. The van der Waals surface area contributed by atoms with E-state index in [1.165, 1.54) is 11.8 Å². The molecule has 3 heterocycles. The molecule has 3 aliphatic rings. The molecule has 1 unspecified atom stereocenters. The van der Waals surface area contributed by atoms with Gasteiger partial charge in [0.2, 0.25) is 17.6 Å². The van der Waals surface area contributed by atoms with Crippen molar-refractivity contribution in [1.29, 1.82) is 0 Å². The van der Waals surface area contributed by atoms with E-state index in [1.807, 2.05) is 31.2 Å². The molecule has 158 valence electrons. The summed E-state index contributed by atoms with van der Waals surface area (Å²) in [6.45, 7) is 4.26. The largest absolute Gasteiger partial charge is 0.322 e. The van der Waals surface area contributed by atoms with Crippen molar-refractivity contribution >= 4 is 29.1 Å². The molecule has 0 bridgehead atoms. The first-order valence-corrected chi connectivity index (χ1v) is 10.8. The van der Waals surface area contributed by atoms with E-state index in [0.717, 1.165) is 29.8 Å². The molecule has 0 spiro atoms. The fraction of sp³-hybridized carbons (Fsp3) is 0.360. The molecular formula is C25H25N2O4+. The summed E-state index contributed by atoms with van der Waals surface area (Å²) in [6.07, 6.45) is 1.81. The van der Waals surface area contributed by atoms with Gasteiger partial charge >= 0.3 is 0 Å². The summed E-state index contributed by atoms with van der Waals surface area (Å²) in [5.41, 5.74) is 2.66. The van der Waals surface area contributed by atoms with Gasteiger partial charge in [0, 0.05) is 24.0 Å². The van der Waals surface area contributed by atoms with Crippen LogP contribution >= 0.6 is 0 Å². The van der Waals surface area contributed by atoms with E-state index in [4.69, 9.17) is 0 Å². The second kappa shape index (κ2) is 7.24. The Morgan fingerprint density at radius 2 is 1.52 bits per heavy atom. The predicted molar refractivity (Wildman–Crippen MR) is 114 cm³/mol. The minimum atomic E-state index is -0.630. The van der Waals surface area contributed by atoms with Crippen LogP contribution < -0.4 is 9.80 Å². The Labute approximate surface area is 180 Å². The number of carbonyl (C=O) groups is 4. The van der Waals surface area contributed by atoms with E-state index in [-0.39, 0.29) is 29.4 Å². The molecule has 0 aromatic heterocycles. The molecule has 1 N–H and O–H groups in total. The van der Waals surface area contributed by atoms with Gasteiger partial charge in [-0.15, -0.1) is 0 Å². The topological polar surface area (TPSA) is 76.0 Å². The van der Waals surface area contributed by atoms with Crippen molar-refractivity contribution < 1.29 is 24.1 Å². The summed E-state index contributed by atoms with van der Waals surface area (Å²) in [7, 11) is 0. The molecule has 2 aromatic rings. The third-order valence-electron chi connectivity index (χ3n) is 7.20. The molecule has 6 heteroatoms. The normalized spacial score (nSPS) is 29.2. The number of hydrogen-bond donors (Lipinski definition) is 1. The minimum absolute atomic E-state index is 0.00217. The molecule has 0 saturated carbocycles. The lowest BCUT2D eigenvalue weighted by Crippen LogP contribution is -3.16. The Morgan fingerprint density at radius 1 is 0.903 bits per heavy atom. The first kappa shape index (κ1) is 19.8. The summed E-state index contributed by atoms with van der Waals surface area (Å²) in [6, 6.07) is 13.5. The van der Waals surface area contributed by atoms with Gasteiger partial charge in [0.05, 0.1) is 12.2 Å². The van der Waals surface area contributed by atoms with Crippen LogP contribution in [0.25, 0.3) is 0 Å². The number of aryl methyl sites for hydroxylation is 1. The standard InChI is InChI=1S/C25H24N2O4/c1-14-5-7-17(8-6-14)23(29)22-21-20(19-4-3-13-26(19)22)24(30)27(25(21)31)18-11-9-16(10-12-18)15(2)28/h5-12,19-22H,3-4,13H2,1-2H3/p+1/t19-,20-,21-,22-/m1/s1. The highest BCUT2D eigenvalue weighted by atomic mass is 16.2. The molecule has 6 nitrogen and oxygen atoms in total. The smallest absolute Gasteiger partial charge is 0.244 e. The highest BCUT2D eigenvalue weighted by molar-refractivity contribution is 6.24. The lowest BCUT2D eigenvalue weighted by atomic mass is 9.85. The molecule has 0 aliphatic carbocycles. The van der Waals surface area contributed by atoms with Gasteiger partial charge in [0.1, 0.15) is 17.9 Å². The van der Waals surface area contributed by atoms with Gasteiger partial charge in [-0.05, 0) is 38.1 Å². The number of fused-ring (bicyclic) bond motifs is 3. The molecule has 3 fully saturated rings. The monoisotopic (exact) mass is 417 g/mol. The first-order chi connectivity index (χ1) is 14.9. The summed E-state index contributed by atoms with van der Waals surface area (Å²) in [5, 5.41) is 0. The number of imide groups is 1. The lowest BCUT2D eigenvalue weighted by Gasteiger charge is -2.25. The van der Waals surface area contributed by atoms with Gasteiger partial charge in [-0.25, -0.2) is 4.90 Å². The number of quaternary nitrogens is 1. The quantitative estimate of drug-likeness (QED) is 0.606. The predicted octanol–water partition coefficient (Wildman–Crippen LogP) is 1.62. The van der Waals surface area contributed by atoms with E-state index in [9.17, 15) is 19.2 Å². The zero-order chi connectivity index (χ0) is 21.9. The number of Topliss-reactive ketones (excluding diaryl/α,β-unsaturated/α-hetero) is 2. The summed E-state index contributed by atoms with van der Waals surface area (Å²) in [5.74, 6) is -1.72. The Balaban J connectivity index is 1.52. The average molecular weight is 417 g/mol. The van der Waals surface area contributed by atoms with E-state index < -0.39 is 17.9 Å². The highest BCUT2D eigenvalue weighted by Gasteiger charge is 2.68. The second-order valence-electron chi connectivity index (χ2n) is 8.95. The maximum atomic E-state index is 13.5. The number of amides is 2. The molecule has 2 amide bonds. The Kier molecular flexibility index (Phi) is 4.63. The van der Waals surface area contributed by atoms with Crippen LogP contribution in [0.4, 0.5) is 5.69 Å². The molecular weight excluding hydrogens is 392 g/mol. The summed E-state index contributed by atoms with van der Waals surface area (Å²) >= 11 is 0. The van der Waals surface area contributed by atoms with Crippen LogP contribution in [0.1, 0.15) is 46.0 Å². The van der Waals surface area contributed by atoms with E-state index in [2.05, 4.69) is 0 Å². The van der Waals surface area contributed by atoms with Crippen molar-refractivity contribution in [2.75, 3.05) is 11.4 Å². The van der Waals surface area contributed by atoms with Crippen molar-refractivity contribution in [1.82, 2.24) is 0 Å². The zero-order valence-corrected chi connectivity index (χ0v) is 17.6. The van der Waals surface area contributed by atoms with Crippen LogP contribution in [0.3, 0.4) is 0 Å². The van der Waals surface area contributed by atoms with Crippen LogP contribution in [0, 0.1) is 18.8 Å². The zero-order valence-electron chi connectivity index (χ0n) is 17.6. The third-order valence-corrected chi connectivity index (χ3v) is 7.20. The van der Waals surface area contributed by atoms with Gasteiger partial charge < -0.3 is 4.90 Å². The SMILES string of the molecule is CC(=O)c1ccc(N2C(=O)[C@@H]3[C@H](C2=O)[C@H]2CCC[NH+]2[C@H]3C(=O)c2ccc(C)cc2)cc1. The lowest BCUT2D eigenvalue weighted by molar-refractivity contribution is -0.915. The average Bonchev–Trinajstić information content (AvgIpc) is 3.40. The van der Waals surface area contributed by atoms with Crippen molar-refractivity contribution in [3.05, 3.63) is 65.2 Å². The Morgan fingerprint density at radius 3 is 2.16 bits per heavy atom. The number of hydrogen-bond acceptors (Lipinski definition) is 4. The molecule has 5 rings (SSSR count). The maximum absolute atomic E-state index is 13.5. The van der Waals surface area contributed by atoms with Crippen molar-refractivity contribution in [3.8, 4) is 0 Å². The van der Waals surface area contributed by atoms with Gasteiger partial charge in [0.25, 0.3) is 0 Å². The van der Waals surface area contributed by atoms with Gasteiger partial charge in [-0.2, -0.15) is 0 Å². The van der Waals surface area contributed by atoms with E-state index in [1.54, 1.807) is 24.3 Å². The van der Waals surface area contributed by atoms with Gasteiger partial charge in [0.15, 0.2) is 11.8 Å². The molecule has 3 saturated heterocycles.